The maximum atomic E-state index is 11.8. The number of hydrogen-bond acceptors (Lipinski definition) is 3. The van der Waals surface area contributed by atoms with Gasteiger partial charge in [0.2, 0.25) is 0 Å². The summed E-state index contributed by atoms with van der Waals surface area (Å²) in [6.45, 7) is 0.163. The first kappa shape index (κ1) is 12.7. The first-order chi connectivity index (χ1) is 7.41. The minimum absolute atomic E-state index is 0.160. The van der Waals surface area contributed by atoms with Gasteiger partial charge < -0.3 is 15.7 Å². The van der Waals surface area contributed by atoms with Crippen LogP contribution in [0.25, 0.3) is 0 Å². The Bertz CT molecular complexity index is 437. The number of nitrogens with two attached hydrogens (primary N) is 1. The molecule has 6 heteroatoms. The molecular weight excluding hydrogens is 248 g/mol. The molecule has 0 bridgehead atoms. The number of phenols is 1. The van der Waals surface area contributed by atoms with Crippen LogP contribution < -0.4 is 5.73 Å². The van der Waals surface area contributed by atoms with Crippen molar-refractivity contribution in [1.29, 1.82) is 0 Å². The summed E-state index contributed by atoms with van der Waals surface area (Å²) in [4.78, 5) is 13.4. The predicted octanol–water partition coefficient (Wildman–Crippen LogP) is 1.40. The number of phenolic OH excluding ortho intramolecular Hbond substituents is 1. The molecule has 1 aromatic carbocycles. The van der Waals surface area contributed by atoms with Crippen LogP contribution in [0.15, 0.2) is 18.2 Å². The molecule has 0 saturated heterocycles. The van der Waals surface area contributed by atoms with Gasteiger partial charge in [0.15, 0.2) is 0 Å². The number of halogens is 1. The van der Waals surface area contributed by atoms with Gasteiger partial charge in [-0.3, -0.25) is 4.79 Å². The van der Waals surface area contributed by atoms with Gasteiger partial charge in [0, 0.05) is 12.1 Å². The fourth-order valence-electron chi connectivity index (χ4n) is 1.20. The molecule has 0 heterocycles. The van der Waals surface area contributed by atoms with E-state index in [4.69, 9.17) is 29.6 Å². The molecule has 16 heavy (non-hydrogen) atoms. The van der Waals surface area contributed by atoms with Crippen molar-refractivity contribution in [3.63, 3.8) is 0 Å². The second-order valence-electron chi connectivity index (χ2n) is 3.29. The van der Waals surface area contributed by atoms with Crippen LogP contribution in [0.1, 0.15) is 10.4 Å². The second-order valence-corrected chi connectivity index (χ2v) is 4.25. The third kappa shape index (κ3) is 3.08. The first-order valence-corrected chi connectivity index (χ1v) is 5.22. The van der Waals surface area contributed by atoms with Crippen molar-refractivity contribution in [2.45, 2.75) is 0 Å². The molecule has 3 N–H and O–H groups in total. The van der Waals surface area contributed by atoms with Crippen molar-refractivity contribution in [1.82, 2.24) is 4.90 Å². The molecule has 0 radical (unpaired) electrons. The van der Waals surface area contributed by atoms with Gasteiger partial charge in [-0.05, 0) is 18.2 Å². The van der Waals surface area contributed by atoms with E-state index in [2.05, 4.69) is 0 Å². The number of carbonyl (C=O) groups excluding carboxylic acids is 1. The van der Waals surface area contributed by atoms with Crippen LogP contribution in [0.2, 0.25) is 5.02 Å². The van der Waals surface area contributed by atoms with E-state index in [0.717, 1.165) is 0 Å². The largest absolute Gasteiger partial charge is 0.507 e. The Morgan fingerprint density at radius 2 is 2.25 bits per heavy atom. The zero-order chi connectivity index (χ0) is 12.3. The summed E-state index contributed by atoms with van der Waals surface area (Å²) < 4.78 is 0. The Labute approximate surface area is 104 Å². The maximum Gasteiger partial charge on any atom is 0.257 e. The SMILES string of the molecule is CN(CC(N)=S)C(=O)c1ccc(Cl)cc1O. The van der Waals surface area contributed by atoms with E-state index in [1.54, 1.807) is 7.05 Å². The number of thiocarbonyl (C=S) groups is 1. The normalized spacial score (nSPS) is 9.88. The van der Waals surface area contributed by atoms with Gasteiger partial charge in [0.25, 0.3) is 5.91 Å². The molecule has 0 fully saturated rings. The van der Waals surface area contributed by atoms with Crippen LogP contribution in [0.4, 0.5) is 0 Å². The van der Waals surface area contributed by atoms with Crippen LogP contribution in [0.3, 0.4) is 0 Å². The summed E-state index contributed by atoms with van der Waals surface area (Å²) in [5, 5.41) is 9.92. The molecule has 0 aliphatic carbocycles. The van der Waals surface area contributed by atoms with Crippen molar-refractivity contribution < 1.29 is 9.90 Å². The van der Waals surface area contributed by atoms with E-state index in [1.807, 2.05) is 0 Å². The van der Waals surface area contributed by atoms with Gasteiger partial charge >= 0.3 is 0 Å². The quantitative estimate of drug-likeness (QED) is 0.805. The zero-order valence-corrected chi connectivity index (χ0v) is 10.2. The lowest BCUT2D eigenvalue weighted by Gasteiger charge is -2.16. The monoisotopic (exact) mass is 258 g/mol. The Hall–Kier alpha value is -1.33. The molecule has 0 atom stereocenters. The van der Waals surface area contributed by atoms with Crippen LogP contribution in [0, 0.1) is 0 Å². The number of amides is 1. The first-order valence-electron chi connectivity index (χ1n) is 4.44. The van der Waals surface area contributed by atoms with E-state index in [1.165, 1.54) is 23.1 Å². The van der Waals surface area contributed by atoms with Crippen molar-refractivity contribution in [2.24, 2.45) is 5.73 Å². The van der Waals surface area contributed by atoms with Crippen molar-refractivity contribution >= 4 is 34.7 Å². The summed E-state index contributed by atoms with van der Waals surface area (Å²) in [6, 6.07) is 4.29. The number of nitrogens with zero attached hydrogens (tertiary/aromatic N) is 1. The minimum Gasteiger partial charge on any atom is -0.507 e. The van der Waals surface area contributed by atoms with Gasteiger partial charge in [-0.2, -0.15) is 0 Å². The predicted molar refractivity (Wildman–Crippen MR) is 66.9 cm³/mol. The molecule has 0 spiro atoms. The lowest BCUT2D eigenvalue weighted by atomic mass is 10.2. The highest BCUT2D eigenvalue weighted by Gasteiger charge is 2.16. The summed E-state index contributed by atoms with van der Waals surface area (Å²) in [7, 11) is 1.55. The maximum absolute atomic E-state index is 11.8. The molecule has 1 amide bonds. The number of hydrogen-bond donors (Lipinski definition) is 2. The minimum atomic E-state index is -0.359. The smallest absolute Gasteiger partial charge is 0.257 e. The lowest BCUT2D eigenvalue weighted by Crippen LogP contribution is -2.34. The number of likely N-dealkylation sites (N-methyl/N-ethyl adjacent to an activating group) is 1. The topological polar surface area (TPSA) is 66.6 Å². The van der Waals surface area contributed by atoms with E-state index in [9.17, 15) is 9.90 Å². The van der Waals surface area contributed by atoms with E-state index in [0.29, 0.717) is 5.02 Å². The Morgan fingerprint density at radius 3 is 2.75 bits per heavy atom. The standard InChI is InChI=1S/C10H11ClN2O2S/c1-13(5-9(12)16)10(15)7-3-2-6(11)4-8(7)14/h2-4,14H,5H2,1H3,(H2,12,16). The molecule has 0 aromatic heterocycles. The third-order valence-electron chi connectivity index (χ3n) is 1.93. The molecule has 0 aliphatic rings. The highest BCUT2D eigenvalue weighted by Crippen LogP contribution is 2.22. The number of benzene rings is 1. The van der Waals surface area contributed by atoms with Gasteiger partial charge in [-0.1, -0.05) is 23.8 Å². The third-order valence-corrected chi connectivity index (χ3v) is 2.29. The average Bonchev–Trinajstić information content (AvgIpc) is 2.15. The van der Waals surface area contributed by atoms with Gasteiger partial charge in [-0.15, -0.1) is 0 Å². The Morgan fingerprint density at radius 1 is 1.62 bits per heavy atom. The average molecular weight is 259 g/mol. The highest BCUT2D eigenvalue weighted by atomic mass is 35.5. The van der Waals surface area contributed by atoms with Crippen LogP contribution >= 0.6 is 23.8 Å². The van der Waals surface area contributed by atoms with Crippen molar-refractivity contribution in [2.75, 3.05) is 13.6 Å². The molecular formula is C10H11ClN2O2S. The summed E-state index contributed by atoms with van der Waals surface area (Å²) in [6.07, 6.45) is 0. The molecule has 0 aliphatic heterocycles. The van der Waals surface area contributed by atoms with Crippen LogP contribution in [0.5, 0.6) is 5.75 Å². The Balaban J connectivity index is 2.92. The molecule has 1 aromatic rings. The number of rotatable bonds is 3. The molecule has 0 saturated carbocycles. The van der Waals surface area contributed by atoms with Gasteiger partial charge in [0.1, 0.15) is 5.75 Å². The highest BCUT2D eigenvalue weighted by molar-refractivity contribution is 7.80. The molecule has 4 nitrogen and oxygen atoms in total. The fourth-order valence-corrected chi connectivity index (χ4v) is 1.56. The molecule has 1 rings (SSSR count). The van der Waals surface area contributed by atoms with Crippen molar-refractivity contribution in [3.8, 4) is 5.75 Å². The number of aromatic hydroxyl groups is 1. The van der Waals surface area contributed by atoms with Crippen molar-refractivity contribution in [3.05, 3.63) is 28.8 Å². The zero-order valence-electron chi connectivity index (χ0n) is 8.61. The summed E-state index contributed by atoms with van der Waals surface area (Å²) in [5.41, 5.74) is 5.49. The van der Waals surface area contributed by atoms with E-state index in [-0.39, 0.29) is 28.8 Å². The van der Waals surface area contributed by atoms with Gasteiger partial charge in [-0.25, -0.2) is 0 Å². The Kier molecular flexibility index (Phi) is 4.09. The van der Waals surface area contributed by atoms with E-state index < -0.39 is 0 Å². The summed E-state index contributed by atoms with van der Waals surface area (Å²) >= 11 is 10.4. The van der Waals surface area contributed by atoms with E-state index >= 15 is 0 Å². The summed E-state index contributed by atoms with van der Waals surface area (Å²) in [5.74, 6) is -0.519. The van der Waals surface area contributed by atoms with Gasteiger partial charge in [0.05, 0.1) is 17.1 Å². The van der Waals surface area contributed by atoms with Crippen LogP contribution in [-0.2, 0) is 0 Å². The lowest BCUT2D eigenvalue weighted by molar-refractivity contribution is 0.0812. The van der Waals surface area contributed by atoms with Crippen LogP contribution in [-0.4, -0.2) is 34.5 Å². The number of carbonyl (C=O) groups is 1. The molecule has 0 unspecified atom stereocenters. The fraction of sp³-hybridized carbons (Fsp3) is 0.200. The molecule has 86 valence electrons. The second kappa shape index (κ2) is 5.14.